The van der Waals surface area contributed by atoms with E-state index in [4.69, 9.17) is 4.74 Å². The highest BCUT2D eigenvalue weighted by Crippen LogP contribution is 2.27. The molecule has 2 heterocycles. The highest BCUT2D eigenvalue weighted by atomic mass is 16.5. The molecule has 0 aromatic carbocycles. The van der Waals surface area contributed by atoms with Crippen LogP contribution in [0.3, 0.4) is 0 Å². The van der Waals surface area contributed by atoms with Crippen LogP contribution in [-0.4, -0.2) is 36.7 Å². The van der Waals surface area contributed by atoms with Crippen LogP contribution in [0, 0.1) is 0 Å². The van der Waals surface area contributed by atoms with Crippen molar-refractivity contribution in [3.05, 3.63) is 0 Å². The number of morpholine rings is 1. The monoisotopic (exact) mass is 155 g/mol. The summed E-state index contributed by atoms with van der Waals surface area (Å²) in [6.45, 7) is 5.40. The van der Waals surface area contributed by atoms with Gasteiger partial charge in [0.15, 0.2) is 0 Å². The summed E-state index contributed by atoms with van der Waals surface area (Å²) in [5, 5.41) is 0. The molecular weight excluding hydrogens is 138 g/mol. The van der Waals surface area contributed by atoms with Crippen LogP contribution in [0.25, 0.3) is 0 Å². The summed E-state index contributed by atoms with van der Waals surface area (Å²) in [6.07, 6.45) is 4.07. The van der Waals surface area contributed by atoms with Gasteiger partial charge >= 0.3 is 0 Å². The van der Waals surface area contributed by atoms with Crippen LogP contribution in [0.4, 0.5) is 0 Å². The minimum absolute atomic E-state index is 0.758. The smallest absolute Gasteiger partial charge is 0.0622 e. The fourth-order valence-corrected chi connectivity index (χ4v) is 2.39. The molecule has 11 heavy (non-hydrogen) atoms. The fourth-order valence-electron chi connectivity index (χ4n) is 2.39. The third-order valence-corrected chi connectivity index (χ3v) is 3.05. The Kier molecular flexibility index (Phi) is 2.14. The fraction of sp³-hybridized carbons (Fsp3) is 1.00. The van der Waals surface area contributed by atoms with Gasteiger partial charge in [0, 0.05) is 18.6 Å². The first-order chi connectivity index (χ1) is 5.42. The lowest BCUT2D eigenvalue weighted by Gasteiger charge is -2.33. The van der Waals surface area contributed by atoms with Crippen molar-refractivity contribution in [2.75, 3.05) is 19.8 Å². The molecular formula is C9H17NO. The van der Waals surface area contributed by atoms with E-state index in [-0.39, 0.29) is 0 Å². The van der Waals surface area contributed by atoms with E-state index < -0.39 is 0 Å². The zero-order chi connectivity index (χ0) is 7.68. The Hall–Kier alpha value is -0.0800. The maximum atomic E-state index is 5.43. The van der Waals surface area contributed by atoms with E-state index in [1.165, 1.54) is 25.8 Å². The molecule has 0 bridgehead atoms. The predicted octanol–water partition coefficient (Wildman–Crippen LogP) is 1.26. The molecule has 0 N–H and O–H groups in total. The second kappa shape index (κ2) is 3.11. The van der Waals surface area contributed by atoms with E-state index in [9.17, 15) is 0 Å². The molecule has 2 heteroatoms. The standard InChI is InChI=1S/C9H17NO/c1-2-8-3-4-9-7-11-6-5-10(8)9/h8-9H,2-7H2,1H3/t8-,9?/m0/s1. The number of hydrogen-bond acceptors (Lipinski definition) is 2. The van der Waals surface area contributed by atoms with Gasteiger partial charge in [-0.05, 0) is 19.3 Å². The van der Waals surface area contributed by atoms with Crippen molar-refractivity contribution in [1.82, 2.24) is 4.90 Å². The predicted molar refractivity (Wildman–Crippen MR) is 44.6 cm³/mol. The molecule has 2 rings (SSSR count). The van der Waals surface area contributed by atoms with E-state index in [2.05, 4.69) is 11.8 Å². The summed E-state index contributed by atoms with van der Waals surface area (Å²) in [4.78, 5) is 2.64. The average Bonchev–Trinajstić information content (AvgIpc) is 2.47. The van der Waals surface area contributed by atoms with Gasteiger partial charge in [-0.1, -0.05) is 6.92 Å². The van der Waals surface area contributed by atoms with Crippen LogP contribution in [-0.2, 0) is 4.74 Å². The number of rotatable bonds is 1. The minimum atomic E-state index is 0.758. The molecule has 2 fully saturated rings. The highest BCUT2D eigenvalue weighted by molar-refractivity contribution is 4.88. The lowest BCUT2D eigenvalue weighted by molar-refractivity contribution is -0.00313. The number of nitrogens with zero attached hydrogens (tertiary/aromatic N) is 1. The van der Waals surface area contributed by atoms with Gasteiger partial charge in [0.05, 0.1) is 13.2 Å². The van der Waals surface area contributed by atoms with Gasteiger partial charge in [-0.3, -0.25) is 4.90 Å². The van der Waals surface area contributed by atoms with Crippen molar-refractivity contribution in [2.24, 2.45) is 0 Å². The van der Waals surface area contributed by atoms with Crippen LogP contribution < -0.4 is 0 Å². The van der Waals surface area contributed by atoms with Crippen LogP contribution in [0.15, 0.2) is 0 Å². The summed E-state index contributed by atoms with van der Waals surface area (Å²) in [5.41, 5.74) is 0. The van der Waals surface area contributed by atoms with Gasteiger partial charge in [-0.15, -0.1) is 0 Å². The Bertz CT molecular complexity index is 132. The van der Waals surface area contributed by atoms with Crippen molar-refractivity contribution < 1.29 is 4.74 Å². The SMILES string of the molecule is CC[C@H]1CCC2COCCN21. The Balaban J connectivity index is 1.98. The number of hydrogen-bond donors (Lipinski definition) is 0. The van der Waals surface area contributed by atoms with E-state index in [0.717, 1.165) is 25.3 Å². The van der Waals surface area contributed by atoms with Crippen molar-refractivity contribution in [1.29, 1.82) is 0 Å². The van der Waals surface area contributed by atoms with Gasteiger partial charge in [0.25, 0.3) is 0 Å². The van der Waals surface area contributed by atoms with E-state index in [1.807, 2.05) is 0 Å². The molecule has 2 nitrogen and oxygen atoms in total. The van der Waals surface area contributed by atoms with Crippen molar-refractivity contribution in [3.8, 4) is 0 Å². The quantitative estimate of drug-likeness (QED) is 0.565. The van der Waals surface area contributed by atoms with Crippen molar-refractivity contribution in [3.63, 3.8) is 0 Å². The zero-order valence-electron chi connectivity index (χ0n) is 7.25. The second-order valence-corrected chi connectivity index (χ2v) is 3.61. The Morgan fingerprint density at radius 1 is 1.45 bits per heavy atom. The first-order valence-corrected chi connectivity index (χ1v) is 4.75. The van der Waals surface area contributed by atoms with Gasteiger partial charge in [0.1, 0.15) is 0 Å². The van der Waals surface area contributed by atoms with Crippen LogP contribution in [0.5, 0.6) is 0 Å². The van der Waals surface area contributed by atoms with Crippen LogP contribution in [0.2, 0.25) is 0 Å². The maximum Gasteiger partial charge on any atom is 0.0622 e. The Labute approximate surface area is 68.5 Å². The van der Waals surface area contributed by atoms with Crippen LogP contribution in [0.1, 0.15) is 26.2 Å². The summed E-state index contributed by atoms with van der Waals surface area (Å²) in [7, 11) is 0. The molecule has 0 amide bonds. The lowest BCUT2D eigenvalue weighted by atomic mass is 10.1. The normalized spacial score (nSPS) is 39.0. The molecule has 2 saturated heterocycles. The topological polar surface area (TPSA) is 12.5 Å². The van der Waals surface area contributed by atoms with Gasteiger partial charge in [-0.25, -0.2) is 0 Å². The second-order valence-electron chi connectivity index (χ2n) is 3.61. The molecule has 0 saturated carbocycles. The molecule has 0 spiro atoms. The Morgan fingerprint density at radius 2 is 2.36 bits per heavy atom. The molecule has 2 aliphatic rings. The van der Waals surface area contributed by atoms with Gasteiger partial charge in [-0.2, -0.15) is 0 Å². The molecule has 0 radical (unpaired) electrons. The van der Waals surface area contributed by atoms with Crippen molar-refractivity contribution >= 4 is 0 Å². The first-order valence-electron chi connectivity index (χ1n) is 4.75. The van der Waals surface area contributed by atoms with Gasteiger partial charge < -0.3 is 4.74 Å². The summed E-state index contributed by atoms with van der Waals surface area (Å²) in [5.74, 6) is 0. The van der Waals surface area contributed by atoms with E-state index in [0.29, 0.717) is 0 Å². The highest BCUT2D eigenvalue weighted by Gasteiger charge is 2.33. The lowest BCUT2D eigenvalue weighted by Crippen LogP contribution is -2.44. The summed E-state index contributed by atoms with van der Waals surface area (Å²) >= 11 is 0. The zero-order valence-corrected chi connectivity index (χ0v) is 7.25. The van der Waals surface area contributed by atoms with E-state index in [1.54, 1.807) is 0 Å². The third-order valence-electron chi connectivity index (χ3n) is 3.05. The number of fused-ring (bicyclic) bond motifs is 1. The van der Waals surface area contributed by atoms with E-state index >= 15 is 0 Å². The molecule has 64 valence electrons. The summed E-state index contributed by atoms with van der Waals surface area (Å²) < 4.78 is 5.43. The summed E-state index contributed by atoms with van der Waals surface area (Å²) in [6, 6.07) is 1.62. The molecule has 0 aromatic heterocycles. The molecule has 0 aliphatic carbocycles. The molecule has 2 aliphatic heterocycles. The van der Waals surface area contributed by atoms with Crippen molar-refractivity contribution in [2.45, 2.75) is 38.3 Å². The Morgan fingerprint density at radius 3 is 3.18 bits per heavy atom. The molecule has 2 atom stereocenters. The third kappa shape index (κ3) is 1.30. The van der Waals surface area contributed by atoms with Crippen LogP contribution >= 0.6 is 0 Å². The largest absolute Gasteiger partial charge is 0.378 e. The first kappa shape index (κ1) is 7.56. The molecule has 0 aromatic rings. The molecule has 1 unspecified atom stereocenters. The average molecular weight is 155 g/mol. The minimum Gasteiger partial charge on any atom is -0.378 e. The maximum absolute atomic E-state index is 5.43. The number of ether oxygens (including phenoxy) is 1. The van der Waals surface area contributed by atoms with Gasteiger partial charge in [0.2, 0.25) is 0 Å².